The zero-order valence-electron chi connectivity index (χ0n) is 17.7. The predicted octanol–water partition coefficient (Wildman–Crippen LogP) is 5.46. The lowest BCUT2D eigenvalue weighted by atomic mass is 10.2. The van der Waals surface area contributed by atoms with Crippen molar-refractivity contribution in [3.05, 3.63) is 71.4 Å². The van der Waals surface area contributed by atoms with Gasteiger partial charge in [-0.15, -0.1) is 0 Å². The topological polar surface area (TPSA) is 122 Å². The van der Waals surface area contributed by atoms with E-state index in [2.05, 4.69) is 15.6 Å². The highest BCUT2D eigenvalue weighted by Gasteiger charge is 2.33. The molecule has 13 heteroatoms. The van der Waals surface area contributed by atoms with Gasteiger partial charge in [0.05, 0.1) is 23.6 Å². The molecule has 1 aromatic heterocycles. The summed E-state index contributed by atoms with van der Waals surface area (Å²) in [5.74, 6) is 0.418. The number of carbonyl (C=O) groups excluding carboxylic acids is 2. The molecule has 3 rings (SSSR count). The minimum atomic E-state index is -4.65. The zero-order chi connectivity index (χ0) is 25.4. The molecule has 4 N–H and O–H groups in total. The summed E-state index contributed by atoms with van der Waals surface area (Å²) in [6.07, 6.45) is -3.27. The smallest absolute Gasteiger partial charge is 0.417 e. The molecular formula is C22H18ClF3N4O5. The molecule has 1 heterocycles. The van der Waals surface area contributed by atoms with E-state index in [0.29, 0.717) is 17.2 Å². The number of hydrogen-bond acceptors (Lipinski definition) is 6. The normalized spacial score (nSPS) is 10.9. The van der Waals surface area contributed by atoms with E-state index in [-0.39, 0.29) is 24.6 Å². The van der Waals surface area contributed by atoms with Crippen molar-refractivity contribution in [3.63, 3.8) is 0 Å². The molecule has 3 aromatic rings. The summed E-state index contributed by atoms with van der Waals surface area (Å²) in [4.78, 5) is 27.1. The van der Waals surface area contributed by atoms with Gasteiger partial charge in [-0.2, -0.15) is 13.2 Å². The number of nitrogens with zero attached hydrogens (tertiary/aromatic N) is 1. The molecule has 35 heavy (non-hydrogen) atoms. The number of amides is 3. The molecule has 184 valence electrons. The Morgan fingerprint density at radius 2 is 1.66 bits per heavy atom. The van der Waals surface area contributed by atoms with E-state index in [1.807, 2.05) is 0 Å². The predicted molar refractivity (Wildman–Crippen MR) is 120 cm³/mol. The van der Waals surface area contributed by atoms with Crippen molar-refractivity contribution >= 4 is 34.9 Å². The molecule has 0 spiro atoms. The van der Waals surface area contributed by atoms with Gasteiger partial charge >= 0.3 is 12.2 Å². The van der Waals surface area contributed by atoms with Crippen LogP contribution in [0.1, 0.15) is 12.0 Å². The van der Waals surface area contributed by atoms with Crippen LogP contribution in [-0.4, -0.2) is 28.7 Å². The molecule has 9 nitrogen and oxygen atoms in total. The summed E-state index contributed by atoms with van der Waals surface area (Å²) < 4.78 is 49.9. The third kappa shape index (κ3) is 7.76. The molecule has 0 saturated heterocycles. The Hall–Kier alpha value is -4.03. The molecule has 0 bridgehead atoms. The quantitative estimate of drug-likeness (QED) is 0.236. The molecule has 0 fully saturated rings. The first kappa shape index (κ1) is 25.6. The summed E-state index contributed by atoms with van der Waals surface area (Å²) in [5.41, 5.74) is 0.721. The fourth-order valence-corrected chi connectivity index (χ4v) is 2.92. The van der Waals surface area contributed by atoms with E-state index in [9.17, 15) is 22.8 Å². The molecule has 0 atom stereocenters. The largest absolute Gasteiger partial charge is 0.477 e. The lowest BCUT2D eigenvalue weighted by Gasteiger charge is -2.12. The molecular weight excluding hydrogens is 493 g/mol. The van der Waals surface area contributed by atoms with Gasteiger partial charge in [0.1, 0.15) is 11.5 Å². The number of aromatic nitrogens is 1. The van der Waals surface area contributed by atoms with Crippen molar-refractivity contribution < 1.29 is 37.4 Å². The molecule has 2 aromatic carbocycles. The maximum absolute atomic E-state index is 13.0. The molecule has 0 unspecified atom stereocenters. The highest BCUT2D eigenvalue weighted by atomic mass is 35.5. The standard InChI is InChI=1S/C22H18ClF3N4O5/c23-18-6-3-14(11-17(18)22(24,25)26)29-21(32)28-13-1-4-15(5-2-13)35-16-7-9-27-20(12-16)34-10-8-19(31)30-33/h1-7,9,11-12,33H,8,10H2,(H,30,31)(H2,28,29,32). The first-order chi connectivity index (χ1) is 16.6. The van der Waals surface area contributed by atoms with Crippen LogP contribution in [0.3, 0.4) is 0 Å². The number of benzene rings is 2. The third-order valence-electron chi connectivity index (χ3n) is 4.29. The number of rotatable bonds is 8. The van der Waals surface area contributed by atoms with Crippen LogP contribution in [0, 0.1) is 0 Å². The van der Waals surface area contributed by atoms with Crippen molar-refractivity contribution in [2.45, 2.75) is 12.6 Å². The number of urea groups is 1. The second-order valence-corrected chi connectivity index (χ2v) is 7.27. The van der Waals surface area contributed by atoms with E-state index in [0.717, 1.165) is 12.1 Å². The molecule has 3 amide bonds. The molecule has 0 radical (unpaired) electrons. The minimum absolute atomic E-state index is 0.00118. The van der Waals surface area contributed by atoms with E-state index >= 15 is 0 Å². The van der Waals surface area contributed by atoms with Gasteiger partial charge in [0, 0.05) is 23.6 Å². The molecule has 0 saturated carbocycles. The fraction of sp³-hybridized carbons (Fsp3) is 0.136. The maximum atomic E-state index is 13.0. The Bertz CT molecular complexity index is 1190. The van der Waals surface area contributed by atoms with E-state index < -0.39 is 28.7 Å². The van der Waals surface area contributed by atoms with Crippen molar-refractivity contribution in [2.75, 3.05) is 17.2 Å². The van der Waals surface area contributed by atoms with Crippen LogP contribution in [0.15, 0.2) is 60.8 Å². The van der Waals surface area contributed by atoms with Crippen LogP contribution >= 0.6 is 11.6 Å². The highest BCUT2D eigenvalue weighted by Crippen LogP contribution is 2.36. The number of hydroxylamine groups is 1. The Morgan fingerprint density at radius 3 is 2.34 bits per heavy atom. The Balaban J connectivity index is 1.55. The van der Waals surface area contributed by atoms with Gasteiger partial charge in [0.15, 0.2) is 0 Å². The number of pyridine rings is 1. The van der Waals surface area contributed by atoms with Crippen molar-refractivity contribution in [1.82, 2.24) is 10.5 Å². The average molecular weight is 511 g/mol. The maximum Gasteiger partial charge on any atom is 0.417 e. The number of anilines is 2. The van der Waals surface area contributed by atoms with Gasteiger partial charge in [-0.1, -0.05) is 11.6 Å². The summed E-state index contributed by atoms with van der Waals surface area (Å²) in [7, 11) is 0. The van der Waals surface area contributed by atoms with E-state index in [4.69, 9.17) is 26.3 Å². The van der Waals surface area contributed by atoms with Crippen LogP contribution < -0.4 is 25.6 Å². The number of carbonyl (C=O) groups is 2. The van der Waals surface area contributed by atoms with E-state index in [1.54, 1.807) is 18.2 Å². The van der Waals surface area contributed by atoms with Crippen LogP contribution in [0.25, 0.3) is 0 Å². The lowest BCUT2D eigenvalue weighted by Crippen LogP contribution is -2.20. The first-order valence-electron chi connectivity index (χ1n) is 9.88. The second-order valence-electron chi connectivity index (χ2n) is 6.86. The van der Waals surface area contributed by atoms with Crippen molar-refractivity contribution in [1.29, 1.82) is 0 Å². The van der Waals surface area contributed by atoms with Crippen LogP contribution in [0.2, 0.25) is 5.02 Å². The van der Waals surface area contributed by atoms with Crippen molar-refractivity contribution in [2.24, 2.45) is 0 Å². The van der Waals surface area contributed by atoms with Gasteiger partial charge in [-0.25, -0.2) is 15.3 Å². The molecule has 0 aliphatic rings. The summed E-state index contributed by atoms with van der Waals surface area (Å²) in [5, 5.41) is 12.8. The Morgan fingerprint density at radius 1 is 0.971 bits per heavy atom. The van der Waals surface area contributed by atoms with Crippen molar-refractivity contribution in [3.8, 4) is 17.4 Å². The minimum Gasteiger partial charge on any atom is -0.477 e. The number of nitrogens with one attached hydrogen (secondary N) is 3. The highest BCUT2D eigenvalue weighted by molar-refractivity contribution is 6.31. The van der Waals surface area contributed by atoms with Crippen LogP contribution in [0.5, 0.6) is 17.4 Å². The average Bonchev–Trinajstić information content (AvgIpc) is 2.81. The summed E-state index contributed by atoms with van der Waals surface area (Å²) in [6, 6.07) is 11.6. The second kappa shape index (κ2) is 11.4. The SMILES string of the molecule is O=C(CCOc1cc(Oc2ccc(NC(=O)Nc3ccc(Cl)c(C(F)(F)F)c3)cc2)ccn1)NO. The molecule has 0 aliphatic heterocycles. The zero-order valence-corrected chi connectivity index (χ0v) is 18.5. The van der Waals surface area contributed by atoms with Gasteiger partial charge < -0.3 is 20.1 Å². The Labute approximate surface area is 201 Å². The number of alkyl halides is 3. The summed E-state index contributed by atoms with van der Waals surface area (Å²) in [6.45, 7) is -0.00118. The van der Waals surface area contributed by atoms with Gasteiger partial charge in [-0.05, 0) is 48.5 Å². The number of halogens is 4. The summed E-state index contributed by atoms with van der Waals surface area (Å²) >= 11 is 5.57. The van der Waals surface area contributed by atoms with E-state index in [1.165, 1.54) is 35.9 Å². The van der Waals surface area contributed by atoms with Gasteiger partial charge in [0.2, 0.25) is 11.8 Å². The third-order valence-corrected chi connectivity index (χ3v) is 4.62. The van der Waals surface area contributed by atoms with Crippen LogP contribution in [-0.2, 0) is 11.0 Å². The van der Waals surface area contributed by atoms with Crippen LogP contribution in [0.4, 0.5) is 29.3 Å². The van der Waals surface area contributed by atoms with Gasteiger partial charge in [0.25, 0.3) is 0 Å². The fourth-order valence-electron chi connectivity index (χ4n) is 2.69. The number of hydrogen-bond donors (Lipinski definition) is 4. The molecule has 0 aliphatic carbocycles. The number of ether oxygens (including phenoxy) is 2. The first-order valence-corrected chi connectivity index (χ1v) is 10.3. The monoisotopic (exact) mass is 510 g/mol. The Kier molecular flexibility index (Phi) is 8.34. The lowest BCUT2D eigenvalue weighted by molar-refractivity contribution is -0.137. The van der Waals surface area contributed by atoms with Gasteiger partial charge in [-0.3, -0.25) is 10.0 Å².